The van der Waals surface area contributed by atoms with E-state index < -0.39 is 35.3 Å². The van der Waals surface area contributed by atoms with Gasteiger partial charge in [0.15, 0.2) is 11.2 Å². The minimum absolute atomic E-state index is 0.0107. The van der Waals surface area contributed by atoms with Gasteiger partial charge in [0, 0.05) is 29.2 Å². The van der Waals surface area contributed by atoms with Crippen LogP contribution in [-0.4, -0.2) is 72.3 Å². The maximum atomic E-state index is 14.2. The molecule has 1 saturated heterocycles. The number of oxime groups is 1. The van der Waals surface area contributed by atoms with E-state index in [1.54, 1.807) is 13.1 Å². The highest BCUT2D eigenvalue weighted by Crippen LogP contribution is 2.42. The van der Waals surface area contributed by atoms with Crippen LogP contribution in [0.1, 0.15) is 35.7 Å². The lowest BCUT2D eigenvalue weighted by molar-refractivity contribution is -0.154. The normalized spacial score (nSPS) is 17.6. The highest BCUT2D eigenvalue weighted by atomic mass is 32.2. The van der Waals surface area contributed by atoms with Gasteiger partial charge in [-0.05, 0) is 47.2 Å². The molecule has 6 rings (SSSR count). The van der Waals surface area contributed by atoms with Crippen LogP contribution in [0.25, 0.3) is 6.08 Å². The molecule has 12 nitrogen and oxygen atoms in total. The highest BCUT2D eigenvalue weighted by Gasteiger charge is 2.55. The average Bonchev–Trinajstić information content (AvgIpc) is 3.57. The molecule has 0 saturated carbocycles. The second kappa shape index (κ2) is 15.9. The van der Waals surface area contributed by atoms with E-state index >= 15 is 0 Å². The van der Waals surface area contributed by atoms with Crippen LogP contribution in [0.15, 0.2) is 107 Å². The number of fused-ring (bicyclic) bond motifs is 1. The van der Waals surface area contributed by atoms with E-state index in [1.807, 2.05) is 90.3 Å². The number of aromatic nitrogens is 3. The number of esters is 1. The van der Waals surface area contributed by atoms with Crippen LogP contribution >= 0.6 is 35.1 Å². The Morgan fingerprint density at radius 2 is 1.82 bits per heavy atom. The zero-order chi connectivity index (χ0) is 34.2. The minimum Gasteiger partial charge on any atom is -0.448 e. The fourth-order valence-electron chi connectivity index (χ4n) is 5.12. The molecule has 4 heterocycles. The monoisotopic (exact) mass is 713 g/mol. The first-order valence-electron chi connectivity index (χ1n) is 15.2. The Morgan fingerprint density at radius 1 is 1.10 bits per heavy atom. The molecular weight excluding hydrogens is 683 g/mol. The van der Waals surface area contributed by atoms with Crippen molar-refractivity contribution in [2.75, 3.05) is 23.8 Å². The summed E-state index contributed by atoms with van der Waals surface area (Å²) in [6, 6.07) is 23.6. The van der Waals surface area contributed by atoms with Gasteiger partial charge in [-0.3, -0.25) is 19.5 Å². The van der Waals surface area contributed by atoms with E-state index in [0.717, 1.165) is 33.9 Å². The summed E-state index contributed by atoms with van der Waals surface area (Å²) in [6.07, 6.45) is 2.89. The molecule has 4 aromatic rings. The summed E-state index contributed by atoms with van der Waals surface area (Å²) in [7, 11) is 0. The number of amides is 2. The van der Waals surface area contributed by atoms with Gasteiger partial charge in [0.05, 0.1) is 5.69 Å². The number of hydrogen-bond acceptors (Lipinski definition) is 13. The standard InChI is InChI=1S/C34H31N7O5S3/c1-2-45-39-25(29-38-34(35)49-40-29)30(42)37-26-31(43)41-27(23(20-48-32(26)41)19-47-18-16-24-15-9-10-17-36-24)33(44)46-28(21-11-5-3-6-12-21)22-13-7-4-8-14-22/h3-18,26,28,32H,2,19-20H2,1H3,(H,37,42)(H2,35,38,40)/b18-16-,39-25?/t26?,32-/m1/s1. The van der Waals surface area contributed by atoms with Crippen molar-refractivity contribution in [1.82, 2.24) is 24.6 Å². The molecule has 250 valence electrons. The van der Waals surface area contributed by atoms with Crippen LogP contribution in [0.3, 0.4) is 0 Å². The van der Waals surface area contributed by atoms with Crippen LogP contribution in [0.5, 0.6) is 0 Å². The molecule has 0 bridgehead atoms. The molecule has 2 atom stereocenters. The third-order valence-corrected chi connectivity index (χ3v) is 10.1. The number of β-lactam (4-membered cyclic amide) rings is 1. The van der Waals surface area contributed by atoms with Gasteiger partial charge >= 0.3 is 5.97 Å². The van der Waals surface area contributed by atoms with E-state index in [9.17, 15) is 14.4 Å². The van der Waals surface area contributed by atoms with E-state index in [1.165, 1.54) is 28.4 Å². The Labute approximate surface area is 295 Å². The van der Waals surface area contributed by atoms with E-state index in [0.29, 0.717) is 11.5 Å². The smallest absolute Gasteiger partial charge is 0.356 e. The zero-order valence-corrected chi connectivity index (χ0v) is 28.6. The van der Waals surface area contributed by atoms with Crippen LogP contribution < -0.4 is 11.1 Å². The van der Waals surface area contributed by atoms with Crippen LogP contribution in [-0.2, 0) is 24.0 Å². The van der Waals surface area contributed by atoms with Gasteiger partial charge in [0.25, 0.3) is 11.8 Å². The van der Waals surface area contributed by atoms with Crippen molar-refractivity contribution in [3.63, 3.8) is 0 Å². The molecule has 49 heavy (non-hydrogen) atoms. The first kappa shape index (κ1) is 33.9. The summed E-state index contributed by atoms with van der Waals surface area (Å²) in [6.45, 7) is 1.91. The van der Waals surface area contributed by atoms with E-state index in [-0.39, 0.29) is 29.0 Å². The topological polar surface area (TPSA) is 162 Å². The Balaban J connectivity index is 1.27. The molecule has 2 aliphatic rings. The Bertz CT molecular complexity index is 1850. The molecule has 1 fully saturated rings. The summed E-state index contributed by atoms with van der Waals surface area (Å²) in [5.74, 6) is -0.943. The third kappa shape index (κ3) is 7.85. The van der Waals surface area contributed by atoms with Crippen LogP contribution in [0, 0.1) is 0 Å². The van der Waals surface area contributed by atoms with Crippen LogP contribution in [0.4, 0.5) is 5.13 Å². The predicted molar refractivity (Wildman–Crippen MR) is 191 cm³/mol. The summed E-state index contributed by atoms with van der Waals surface area (Å²) in [5.41, 5.74) is 8.81. The quantitative estimate of drug-likeness (QED) is 0.0859. The fraction of sp³-hybridized carbons (Fsp3) is 0.206. The van der Waals surface area contributed by atoms with Crippen molar-refractivity contribution < 1.29 is 24.0 Å². The second-order valence-corrected chi connectivity index (χ2v) is 13.4. The number of nitrogens with two attached hydrogens (primary N) is 1. The number of carbonyl (C=O) groups excluding carboxylic acids is 3. The molecule has 0 spiro atoms. The van der Waals surface area contributed by atoms with Gasteiger partial charge in [-0.15, -0.1) is 23.5 Å². The molecule has 3 N–H and O–H groups in total. The Hall–Kier alpha value is -4.99. The first-order valence-corrected chi connectivity index (χ1v) is 18.1. The van der Waals surface area contributed by atoms with Crippen LogP contribution in [0.2, 0.25) is 0 Å². The number of pyridine rings is 1. The number of nitrogens with zero attached hydrogens (tertiary/aromatic N) is 5. The Morgan fingerprint density at radius 3 is 2.45 bits per heavy atom. The third-order valence-electron chi connectivity index (χ3n) is 7.39. The van der Waals surface area contributed by atoms with E-state index in [4.69, 9.17) is 15.3 Å². The summed E-state index contributed by atoms with van der Waals surface area (Å²) in [5, 5.41) is 8.12. The van der Waals surface area contributed by atoms with Gasteiger partial charge in [-0.25, -0.2) is 4.79 Å². The molecular formula is C34H31N7O5S3. The lowest BCUT2D eigenvalue weighted by Gasteiger charge is -2.49. The number of anilines is 1. The van der Waals surface area contributed by atoms with Crippen molar-refractivity contribution in [1.29, 1.82) is 0 Å². The minimum atomic E-state index is -0.944. The number of benzene rings is 2. The average molecular weight is 714 g/mol. The van der Waals surface area contributed by atoms with Gasteiger partial charge in [-0.2, -0.15) is 9.36 Å². The van der Waals surface area contributed by atoms with Crippen molar-refractivity contribution in [2.45, 2.75) is 24.4 Å². The largest absolute Gasteiger partial charge is 0.448 e. The second-order valence-electron chi connectivity index (χ2n) is 10.6. The van der Waals surface area contributed by atoms with Gasteiger partial charge in [0.1, 0.15) is 23.7 Å². The van der Waals surface area contributed by atoms with Crippen molar-refractivity contribution in [2.24, 2.45) is 5.16 Å². The highest BCUT2D eigenvalue weighted by molar-refractivity contribution is 8.02. The molecule has 1 unspecified atom stereocenters. The summed E-state index contributed by atoms with van der Waals surface area (Å²) in [4.78, 5) is 56.3. The maximum Gasteiger partial charge on any atom is 0.356 e. The number of thioether (sulfide) groups is 2. The summed E-state index contributed by atoms with van der Waals surface area (Å²) < 4.78 is 10.3. The molecule has 15 heteroatoms. The fourth-order valence-corrected chi connectivity index (χ4v) is 7.81. The first-order chi connectivity index (χ1) is 23.9. The van der Waals surface area contributed by atoms with E-state index in [2.05, 4.69) is 24.8 Å². The molecule has 2 aromatic carbocycles. The molecule has 2 aromatic heterocycles. The van der Waals surface area contributed by atoms with Crippen molar-refractivity contribution in [3.05, 3.63) is 124 Å². The van der Waals surface area contributed by atoms with Crippen molar-refractivity contribution >= 4 is 69.8 Å². The Kier molecular flexibility index (Phi) is 11.0. The number of ether oxygens (including phenoxy) is 1. The number of hydrogen-bond donors (Lipinski definition) is 2. The number of nitrogen functional groups attached to an aromatic ring is 1. The lowest BCUT2D eigenvalue weighted by atomic mass is 10.0. The number of carbonyl (C=O) groups is 3. The van der Waals surface area contributed by atoms with Gasteiger partial charge < -0.3 is 20.6 Å². The van der Waals surface area contributed by atoms with Gasteiger partial charge in [0.2, 0.25) is 11.5 Å². The SMILES string of the molecule is CCON=C(C(=O)NC1C(=O)N2C(C(=O)OC(c3ccccc3)c3ccccc3)=C(CS/C=C\c3ccccn3)CS[C@H]12)c1nsc(N)n1. The molecule has 0 radical (unpaired) electrons. The number of rotatable bonds is 13. The predicted octanol–water partition coefficient (Wildman–Crippen LogP) is 4.65. The molecule has 2 aliphatic heterocycles. The van der Waals surface area contributed by atoms with Gasteiger partial charge in [-0.1, -0.05) is 71.9 Å². The zero-order valence-electron chi connectivity index (χ0n) is 26.2. The molecule has 2 amide bonds. The number of nitrogens with one attached hydrogen (secondary N) is 1. The summed E-state index contributed by atoms with van der Waals surface area (Å²) >= 11 is 3.83. The molecule has 0 aliphatic carbocycles. The van der Waals surface area contributed by atoms with Crippen molar-refractivity contribution in [3.8, 4) is 0 Å². The maximum absolute atomic E-state index is 14.2. The lowest BCUT2D eigenvalue weighted by Crippen LogP contribution is -2.71.